The first kappa shape index (κ1) is 20.2. The lowest BCUT2D eigenvalue weighted by Crippen LogP contribution is -2.33. The lowest BCUT2D eigenvalue weighted by atomic mass is 9.96. The molecule has 1 aromatic heterocycles. The number of fused-ring (bicyclic) bond motifs is 2. The van der Waals surface area contributed by atoms with Crippen molar-refractivity contribution in [3.63, 3.8) is 0 Å². The summed E-state index contributed by atoms with van der Waals surface area (Å²) in [7, 11) is 1.64. The van der Waals surface area contributed by atoms with Gasteiger partial charge in [0.15, 0.2) is 0 Å². The van der Waals surface area contributed by atoms with E-state index < -0.39 is 0 Å². The van der Waals surface area contributed by atoms with Gasteiger partial charge in [0.05, 0.1) is 11.4 Å². The Kier molecular flexibility index (Phi) is 5.10. The molecule has 0 radical (unpaired) electrons. The number of carbonyl (C=O) groups is 2. The minimum atomic E-state index is -0.125. The quantitative estimate of drug-likeness (QED) is 0.525. The molecule has 0 saturated carbocycles. The number of hydrogen-bond donors (Lipinski definition) is 1. The minimum absolute atomic E-state index is 0.00245. The summed E-state index contributed by atoms with van der Waals surface area (Å²) in [6, 6.07) is 20.4. The van der Waals surface area contributed by atoms with E-state index in [-0.39, 0.29) is 17.7 Å². The second kappa shape index (κ2) is 8.08. The van der Waals surface area contributed by atoms with E-state index in [0.717, 1.165) is 32.8 Å². The molecule has 0 aliphatic carbocycles. The zero-order valence-electron chi connectivity index (χ0n) is 18.3. The third kappa shape index (κ3) is 3.60. The van der Waals surface area contributed by atoms with Gasteiger partial charge in [-0.1, -0.05) is 35.9 Å². The van der Waals surface area contributed by atoms with Gasteiger partial charge in [0, 0.05) is 42.8 Å². The molecule has 1 fully saturated rings. The first-order valence-corrected chi connectivity index (χ1v) is 10.9. The van der Waals surface area contributed by atoms with Crippen LogP contribution in [0.4, 0.5) is 0 Å². The summed E-state index contributed by atoms with van der Waals surface area (Å²) in [4.78, 5) is 31.4. The first-order valence-electron chi connectivity index (χ1n) is 10.9. The maximum Gasteiger partial charge on any atom is 0.253 e. The van der Waals surface area contributed by atoms with Gasteiger partial charge in [-0.15, -0.1) is 0 Å². The fourth-order valence-corrected chi connectivity index (χ4v) is 4.61. The Bertz CT molecular complexity index is 1360. The molecule has 1 atom stereocenters. The van der Waals surface area contributed by atoms with Crippen molar-refractivity contribution in [3.05, 3.63) is 78.0 Å². The van der Waals surface area contributed by atoms with Crippen LogP contribution >= 0.6 is 0 Å². The van der Waals surface area contributed by atoms with Gasteiger partial charge in [0.1, 0.15) is 0 Å². The van der Waals surface area contributed by atoms with Gasteiger partial charge in [-0.05, 0) is 60.0 Å². The molecule has 0 spiro atoms. The number of aryl methyl sites for hydroxylation is 1. The van der Waals surface area contributed by atoms with E-state index in [4.69, 9.17) is 0 Å². The van der Waals surface area contributed by atoms with Crippen LogP contribution in [0, 0.1) is 12.8 Å². The lowest BCUT2D eigenvalue weighted by molar-refractivity contribution is -0.124. The number of pyridine rings is 1. The monoisotopic (exact) mass is 423 g/mol. The van der Waals surface area contributed by atoms with Crippen molar-refractivity contribution in [3.8, 4) is 11.1 Å². The number of likely N-dealkylation sites (tertiary alicyclic amines) is 1. The zero-order chi connectivity index (χ0) is 22.2. The van der Waals surface area contributed by atoms with E-state index in [0.29, 0.717) is 25.1 Å². The smallest absolute Gasteiger partial charge is 0.253 e. The normalized spacial score (nSPS) is 15.9. The van der Waals surface area contributed by atoms with E-state index in [1.807, 2.05) is 42.6 Å². The van der Waals surface area contributed by atoms with Crippen molar-refractivity contribution >= 4 is 33.5 Å². The molecule has 5 nitrogen and oxygen atoms in total. The predicted octanol–water partition coefficient (Wildman–Crippen LogP) is 4.57. The molecule has 1 aliphatic heterocycles. The van der Waals surface area contributed by atoms with Crippen molar-refractivity contribution in [1.29, 1.82) is 0 Å². The molecule has 1 aliphatic rings. The van der Waals surface area contributed by atoms with Crippen molar-refractivity contribution in [2.45, 2.75) is 13.3 Å². The summed E-state index contributed by atoms with van der Waals surface area (Å²) in [6.07, 6.45) is 2.62. The van der Waals surface area contributed by atoms with Crippen molar-refractivity contribution < 1.29 is 9.59 Å². The van der Waals surface area contributed by atoms with Crippen LogP contribution in [-0.2, 0) is 4.79 Å². The summed E-state index contributed by atoms with van der Waals surface area (Å²) < 4.78 is 0. The predicted molar refractivity (Wildman–Crippen MR) is 127 cm³/mol. The second-order valence-electron chi connectivity index (χ2n) is 8.51. The van der Waals surface area contributed by atoms with Crippen LogP contribution in [0.15, 0.2) is 66.9 Å². The summed E-state index contributed by atoms with van der Waals surface area (Å²) in [5.41, 5.74) is 4.99. The zero-order valence-corrected chi connectivity index (χ0v) is 18.3. The van der Waals surface area contributed by atoms with Gasteiger partial charge in [0.2, 0.25) is 5.91 Å². The molecule has 1 N–H and O–H groups in total. The van der Waals surface area contributed by atoms with Gasteiger partial charge in [-0.25, -0.2) is 0 Å². The third-order valence-electron chi connectivity index (χ3n) is 6.37. The number of nitrogens with one attached hydrogen (secondary N) is 1. The SMILES string of the molecule is CNC(=O)C1CCN(C(=O)c2ccc3c(-c4cnc5ccc(C)cc5c4)cccc3c2)C1. The standard InChI is InChI=1S/C27H25N3O2/c1-17-6-9-25-21(12-17)14-22(15-29-25)23-5-3-4-18-13-19(7-8-24(18)23)27(32)30-11-10-20(16-30)26(31)28-2/h3-9,12-15,20H,10-11,16H2,1-2H3,(H,28,31). The largest absolute Gasteiger partial charge is 0.359 e. The fourth-order valence-electron chi connectivity index (χ4n) is 4.61. The number of aromatic nitrogens is 1. The number of carbonyl (C=O) groups excluding carboxylic acids is 2. The van der Waals surface area contributed by atoms with Crippen LogP contribution < -0.4 is 5.32 Å². The highest BCUT2D eigenvalue weighted by Crippen LogP contribution is 2.31. The number of nitrogens with zero attached hydrogens (tertiary/aromatic N) is 2. The first-order chi connectivity index (χ1) is 15.5. The van der Waals surface area contributed by atoms with Crippen LogP contribution in [0.3, 0.4) is 0 Å². The molecule has 0 bridgehead atoms. The molecule has 160 valence electrons. The maximum absolute atomic E-state index is 13.1. The van der Waals surface area contributed by atoms with Crippen LogP contribution in [0.2, 0.25) is 0 Å². The van der Waals surface area contributed by atoms with E-state index in [2.05, 4.69) is 41.5 Å². The summed E-state index contributed by atoms with van der Waals surface area (Å²) in [5.74, 6) is -0.144. The number of benzene rings is 3. The highest BCUT2D eigenvalue weighted by atomic mass is 16.2. The molecule has 32 heavy (non-hydrogen) atoms. The molecule has 2 amide bonds. The molecule has 1 saturated heterocycles. The van der Waals surface area contributed by atoms with Crippen molar-refractivity contribution in [2.75, 3.05) is 20.1 Å². The Hall–Kier alpha value is -3.73. The third-order valence-corrected chi connectivity index (χ3v) is 6.37. The molecular formula is C27H25N3O2. The van der Waals surface area contributed by atoms with Gasteiger partial charge in [-0.3, -0.25) is 14.6 Å². The van der Waals surface area contributed by atoms with E-state index in [1.165, 1.54) is 5.56 Å². The molecule has 3 aromatic carbocycles. The minimum Gasteiger partial charge on any atom is -0.359 e. The van der Waals surface area contributed by atoms with Crippen LogP contribution in [-0.4, -0.2) is 41.8 Å². The van der Waals surface area contributed by atoms with E-state index >= 15 is 0 Å². The summed E-state index contributed by atoms with van der Waals surface area (Å²) >= 11 is 0. The fraction of sp³-hybridized carbons (Fsp3) is 0.222. The Morgan fingerprint density at radius 1 is 1.03 bits per heavy atom. The van der Waals surface area contributed by atoms with Crippen LogP contribution in [0.25, 0.3) is 32.8 Å². The highest BCUT2D eigenvalue weighted by molar-refractivity contribution is 6.03. The van der Waals surface area contributed by atoms with Crippen LogP contribution in [0.1, 0.15) is 22.3 Å². The number of rotatable bonds is 3. The molecule has 5 heteroatoms. The molecule has 2 heterocycles. The summed E-state index contributed by atoms with van der Waals surface area (Å²) in [6.45, 7) is 3.16. The average molecular weight is 424 g/mol. The van der Waals surface area contributed by atoms with Gasteiger partial charge in [0.25, 0.3) is 5.91 Å². The second-order valence-corrected chi connectivity index (χ2v) is 8.51. The molecule has 5 rings (SSSR count). The molecule has 1 unspecified atom stereocenters. The van der Waals surface area contributed by atoms with Crippen molar-refractivity contribution in [1.82, 2.24) is 15.2 Å². The number of hydrogen-bond acceptors (Lipinski definition) is 3. The number of amides is 2. The average Bonchev–Trinajstić information content (AvgIpc) is 3.32. The molecular weight excluding hydrogens is 398 g/mol. The maximum atomic E-state index is 13.1. The summed E-state index contributed by atoms with van der Waals surface area (Å²) in [5, 5.41) is 5.90. The van der Waals surface area contributed by atoms with E-state index in [9.17, 15) is 9.59 Å². The topological polar surface area (TPSA) is 62.3 Å². The van der Waals surface area contributed by atoms with E-state index in [1.54, 1.807) is 11.9 Å². The Balaban J connectivity index is 1.48. The molecule has 4 aromatic rings. The van der Waals surface area contributed by atoms with Gasteiger partial charge >= 0.3 is 0 Å². The van der Waals surface area contributed by atoms with Gasteiger partial charge < -0.3 is 10.2 Å². The highest BCUT2D eigenvalue weighted by Gasteiger charge is 2.31. The Morgan fingerprint density at radius 3 is 2.75 bits per heavy atom. The lowest BCUT2D eigenvalue weighted by Gasteiger charge is -2.17. The Labute approximate surface area is 187 Å². The Morgan fingerprint density at radius 2 is 1.91 bits per heavy atom. The van der Waals surface area contributed by atoms with Crippen LogP contribution in [0.5, 0.6) is 0 Å². The van der Waals surface area contributed by atoms with Gasteiger partial charge in [-0.2, -0.15) is 0 Å². The van der Waals surface area contributed by atoms with Crippen molar-refractivity contribution in [2.24, 2.45) is 5.92 Å².